The molecule has 1 radical (unpaired) electrons. The van der Waals surface area contributed by atoms with E-state index in [1.165, 1.54) is 6.08 Å². The summed E-state index contributed by atoms with van der Waals surface area (Å²) in [5, 5.41) is 0. The third-order valence-corrected chi connectivity index (χ3v) is 0. The summed E-state index contributed by atoms with van der Waals surface area (Å²) in [5.74, 6) is 0. The second-order valence-electron chi connectivity index (χ2n) is 0.333. The van der Waals surface area contributed by atoms with Gasteiger partial charge in [0.1, 0.15) is 0 Å². The van der Waals surface area contributed by atoms with Gasteiger partial charge in [0.05, 0.1) is 0 Å². The van der Waals surface area contributed by atoms with Crippen LogP contribution < -0.4 is 0 Å². The molecule has 0 bridgehead atoms. The standard InChI is InChI=1S/C3H5.CH4.Y/c1-3-2;;/h1,3H,2H3;1H4;/q-1;;. The SMILES string of the molecule is C.[CH-]=CC.[Y]. The summed E-state index contributed by atoms with van der Waals surface area (Å²) in [6.45, 7) is 6.50. The van der Waals surface area contributed by atoms with E-state index in [0.29, 0.717) is 0 Å². The molecule has 0 fully saturated rings. The normalized spacial score (nSPS) is 2.60. The zero-order valence-electron chi connectivity index (χ0n) is 2.73. The van der Waals surface area contributed by atoms with Crippen LogP contribution in [0.4, 0.5) is 0 Å². The van der Waals surface area contributed by atoms with Crippen LogP contribution in [0.25, 0.3) is 0 Å². The predicted octanol–water partition coefficient (Wildman–Crippen LogP) is 1.63. The molecule has 0 atom stereocenters. The smallest absolute Gasteiger partial charge is 0 e. The van der Waals surface area contributed by atoms with Crippen molar-refractivity contribution in [3.8, 4) is 0 Å². The molecule has 0 spiro atoms. The van der Waals surface area contributed by atoms with E-state index >= 15 is 0 Å². The van der Waals surface area contributed by atoms with Crippen LogP contribution in [0.3, 0.4) is 0 Å². The van der Waals surface area contributed by atoms with E-state index in [1.807, 2.05) is 0 Å². The van der Waals surface area contributed by atoms with Crippen molar-refractivity contribution in [2.75, 3.05) is 0 Å². The fourth-order valence-corrected chi connectivity index (χ4v) is 0. The van der Waals surface area contributed by atoms with Crippen LogP contribution in [0.1, 0.15) is 14.4 Å². The zero-order chi connectivity index (χ0) is 2.71. The molecule has 0 heterocycles. The first-order valence-electron chi connectivity index (χ1n) is 0.911. The van der Waals surface area contributed by atoms with Crippen molar-refractivity contribution in [3.05, 3.63) is 12.7 Å². The maximum Gasteiger partial charge on any atom is 0 e. The van der Waals surface area contributed by atoms with Crippen molar-refractivity contribution in [3.63, 3.8) is 0 Å². The minimum Gasteiger partial charge on any atom is -0.518 e. The maximum atomic E-state index is 4.72. The molecule has 0 aliphatic rings. The van der Waals surface area contributed by atoms with Gasteiger partial charge in [0, 0.05) is 32.7 Å². The largest absolute Gasteiger partial charge is 0.518 e. The van der Waals surface area contributed by atoms with Crippen LogP contribution >= 0.6 is 0 Å². The number of hydrogen-bond donors (Lipinski definition) is 0. The predicted molar refractivity (Wildman–Crippen MR) is 21.3 cm³/mol. The summed E-state index contributed by atoms with van der Waals surface area (Å²) in [7, 11) is 0. The Kier molecular flexibility index (Phi) is 71.4. The Morgan fingerprint density at radius 2 is 1.60 bits per heavy atom. The average Bonchev–Trinajstić information content (AvgIpc) is 0.918. The van der Waals surface area contributed by atoms with Gasteiger partial charge in [0.15, 0.2) is 0 Å². The topological polar surface area (TPSA) is 0 Å². The molecule has 0 saturated carbocycles. The minimum absolute atomic E-state index is 0. The van der Waals surface area contributed by atoms with Gasteiger partial charge in [-0.15, -0.1) is 0 Å². The van der Waals surface area contributed by atoms with Crippen LogP contribution in [-0.4, -0.2) is 0 Å². The van der Waals surface area contributed by atoms with Crippen molar-refractivity contribution in [1.29, 1.82) is 0 Å². The van der Waals surface area contributed by atoms with E-state index in [-0.39, 0.29) is 40.1 Å². The third-order valence-electron chi connectivity index (χ3n) is 0. The summed E-state index contributed by atoms with van der Waals surface area (Å²) in [4.78, 5) is 0. The Bertz CT molecular complexity index is 11.1. The second kappa shape index (κ2) is 21.1. The molecule has 5 heavy (non-hydrogen) atoms. The summed E-state index contributed by atoms with van der Waals surface area (Å²) in [6.07, 6.45) is 1.50. The fourth-order valence-electron chi connectivity index (χ4n) is 0. The van der Waals surface area contributed by atoms with E-state index < -0.39 is 0 Å². The summed E-state index contributed by atoms with van der Waals surface area (Å²) < 4.78 is 0. The number of hydrogen-bond acceptors (Lipinski definition) is 0. The van der Waals surface area contributed by atoms with E-state index in [4.69, 9.17) is 6.58 Å². The molecule has 0 aromatic carbocycles. The first-order valence-corrected chi connectivity index (χ1v) is 0.911. The van der Waals surface area contributed by atoms with Gasteiger partial charge < -0.3 is 6.58 Å². The molecule has 0 aromatic rings. The molecular weight excluding hydrogens is 137 g/mol. The van der Waals surface area contributed by atoms with Crippen molar-refractivity contribution in [2.24, 2.45) is 0 Å². The molecule has 0 N–H and O–H groups in total. The summed E-state index contributed by atoms with van der Waals surface area (Å²) in [5.41, 5.74) is 0. The van der Waals surface area contributed by atoms with Gasteiger partial charge in [-0.25, -0.2) is 0 Å². The number of allylic oxidation sites excluding steroid dienone is 1. The first kappa shape index (κ1) is 17.0. The Morgan fingerprint density at radius 3 is 1.60 bits per heavy atom. The van der Waals surface area contributed by atoms with Crippen molar-refractivity contribution in [1.82, 2.24) is 0 Å². The summed E-state index contributed by atoms with van der Waals surface area (Å²) >= 11 is 0. The van der Waals surface area contributed by atoms with Gasteiger partial charge in [-0.05, 0) is 0 Å². The zero-order valence-corrected chi connectivity index (χ0v) is 5.57. The van der Waals surface area contributed by atoms with Gasteiger partial charge in [0.25, 0.3) is 0 Å². The molecule has 0 nitrogen and oxygen atoms in total. The Labute approximate surface area is 59.5 Å². The summed E-state index contributed by atoms with van der Waals surface area (Å²) in [6, 6.07) is 0. The average molecular weight is 146 g/mol. The molecular formula is C4H9Y-. The molecule has 0 saturated heterocycles. The molecule has 0 aliphatic heterocycles. The molecule has 1 heteroatoms. The van der Waals surface area contributed by atoms with Gasteiger partial charge in [-0.3, -0.25) is 6.08 Å². The molecule has 0 rings (SSSR count). The van der Waals surface area contributed by atoms with Crippen LogP contribution in [0, 0.1) is 6.58 Å². The molecule has 0 aliphatic carbocycles. The van der Waals surface area contributed by atoms with Gasteiger partial charge in [-0.1, -0.05) is 14.4 Å². The van der Waals surface area contributed by atoms with Gasteiger partial charge in [-0.2, -0.15) is 0 Å². The molecule has 29 valence electrons. The van der Waals surface area contributed by atoms with E-state index in [1.54, 1.807) is 6.92 Å². The Morgan fingerprint density at radius 1 is 1.60 bits per heavy atom. The van der Waals surface area contributed by atoms with Crippen molar-refractivity contribution >= 4 is 0 Å². The maximum absolute atomic E-state index is 4.72. The Balaban J connectivity index is -0.0000000200. The van der Waals surface area contributed by atoms with E-state index in [0.717, 1.165) is 0 Å². The van der Waals surface area contributed by atoms with Crippen LogP contribution in [0.15, 0.2) is 6.08 Å². The first-order chi connectivity index (χ1) is 1.41. The molecule has 0 aromatic heterocycles. The van der Waals surface area contributed by atoms with E-state index in [9.17, 15) is 0 Å². The molecule has 0 amide bonds. The van der Waals surface area contributed by atoms with Crippen LogP contribution in [0.5, 0.6) is 0 Å². The van der Waals surface area contributed by atoms with Gasteiger partial charge in [0.2, 0.25) is 0 Å². The fraction of sp³-hybridized carbons (Fsp3) is 0.500. The van der Waals surface area contributed by atoms with Crippen molar-refractivity contribution in [2.45, 2.75) is 14.4 Å². The minimum atomic E-state index is 0. The van der Waals surface area contributed by atoms with Crippen molar-refractivity contribution < 1.29 is 32.7 Å². The number of rotatable bonds is 0. The Hall–Kier alpha value is 0.844. The monoisotopic (exact) mass is 146 g/mol. The second-order valence-corrected chi connectivity index (χ2v) is 0.333. The van der Waals surface area contributed by atoms with Crippen LogP contribution in [-0.2, 0) is 32.7 Å². The van der Waals surface area contributed by atoms with Gasteiger partial charge >= 0.3 is 0 Å². The van der Waals surface area contributed by atoms with Crippen LogP contribution in [0.2, 0.25) is 0 Å². The van der Waals surface area contributed by atoms with E-state index in [2.05, 4.69) is 0 Å². The molecule has 0 unspecified atom stereocenters. The third kappa shape index (κ3) is 55.0. The quantitative estimate of drug-likeness (QED) is 0.455.